The molecule has 0 amide bonds. The predicted octanol–water partition coefficient (Wildman–Crippen LogP) is 2.57. The van der Waals surface area contributed by atoms with Crippen molar-refractivity contribution in [3.05, 3.63) is 52.3 Å². The van der Waals surface area contributed by atoms with Gasteiger partial charge in [0.25, 0.3) is 5.88 Å². The van der Waals surface area contributed by atoms with Gasteiger partial charge in [0, 0.05) is 7.05 Å². The number of benzene rings is 1. The lowest BCUT2D eigenvalue weighted by atomic mass is 10.1. The number of aromatic nitrogens is 2. The fraction of sp³-hybridized carbons (Fsp3) is 0.231. The molecule has 0 bridgehead atoms. The van der Waals surface area contributed by atoms with Gasteiger partial charge in [0.2, 0.25) is 5.82 Å². The van der Waals surface area contributed by atoms with Crippen molar-refractivity contribution in [1.29, 1.82) is 0 Å². The van der Waals surface area contributed by atoms with Crippen molar-refractivity contribution in [2.75, 3.05) is 12.4 Å². The highest BCUT2D eigenvalue weighted by atomic mass is 16.6. The molecule has 1 atom stereocenters. The van der Waals surface area contributed by atoms with Gasteiger partial charge < -0.3 is 10.1 Å². The number of anilines is 1. The monoisotopic (exact) mass is 274 g/mol. The van der Waals surface area contributed by atoms with Gasteiger partial charge in [-0.25, -0.2) is 4.98 Å². The number of hydrogen-bond donors (Lipinski definition) is 1. The average Bonchev–Trinajstić information content (AvgIpc) is 2.47. The highest BCUT2D eigenvalue weighted by Gasteiger charge is 2.25. The quantitative estimate of drug-likeness (QED) is 0.665. The van der Waals surface area contributed by atoms with Gasteiger partial charge in [0.05, 0.1) is 4.92 Å². The van der Waals surface area contributed by atoms with Crippen LogP contribution < -0.4 is 10.1 Å². The fourth-order valence-electron chi connectivity index (χ4n) is 1.76. The number of nitrogens with one attached hydrogen (secondary N) is 1. The van der Waals surface area contributed by atoms with Crippen LogP contribution in [0.15, 0.2) is 36.7 Å². The minimum Gasteiger partial charge on any atom is -0.465 e. The maximum Gasteiger partial charge on any atom is 0.372 e. The smallest absolute Gasteiger partial charge is 0.372 e. The SMILES string of the molecule is CNc1ncnc(OC(C)c2ccccc2)c1[N+](=O)[O-]. The number of nitrogens with zero attached hydrogens (tertiary/aromatic N) is 3. The molecule has 1 heterocycles. The topological polar surface area (TPSA) is 90.2 Å². The molecule has 2 aromatic rings. The van der Waals surface area contributed by atoms with Gasteiger partial charge in [-0.05, 0) is 12.5 Å². The lowest BCUT2D eigenvalue weighted by Crippen LogP contribution is -2.08. The molecule has 0 saturated heterocycles. The van der Waals surface area contributed by atoms with E-state index in [1.54, 1.807) is 14.0 Å². The van der Waals surface area contributed by atoms with Gasteiger partial charge >= 0.3 is 5.69 Å². The second-order valence-electron chi connectivity index (χ2n) is 4.05. The summed E-state index contributed by atoms with van der Waals surface area (Å²) in [7, 11) is 1.56. The molecule has 7 nitrogen and oxygen atoms in total. The molecule has 1 unspecified atom stereocenters. The fourth-order valence-corrected chi connectivity index (χ4v) is 1.76. The first-order chi connectivity index (χ1) is 9.63. The van der Waals surface area contributed by atoms with E-state index in [2.05, 4.69) is 15.3 Å². The summed E-state index contributed by atoms with van der Waals surface area (Å²) >= 11 is 0. The first-order valence-corrected chi connectivity index (χ1v) is 6.02. The van der Waals surface area contributed by atoms with Crippen LogP contribution >= 0.6 is 0 Å². The number of rotatable bonds is 5. The first kappa shape index (κ1) is 13.7. The highest BCUT2D eigenvalue weighted by molar-refractivity contribution is 5.60. The predicted molar refractivity (Wildman–Crippen MR) is 73.7 cm³/mol. The Morgan fingerprint density at radius 2 is 2.00 bits per heavy atom. The summed E-state index contributed by atoms with van der Waals surface area (Å²) in [5.74, 6) is 0.0750. The van der Waals surface area contributed by atoms with Crippen LogP contribution in [0, 0.1) is 10.1 Å². The second kappa shape index (κ2) is 5.96. The lowest BCUT2D eigenvalue weighted by molar-refractivity contribution is -0.385. The molecule has 0 aliphatic rings. The van der Waals surface area contributed by atoms with Crippen molar-refractivity contribution in [1.82, 2.24) is 9.97 Å². The zero-order valence-electron chi connectivity index (χ0n) is 11.1. The van der Waals surface area contributed by atoms with Crippen molar-refractivity contribution in [3.63, 3.8) is 0 Å². The minimum atomic E-state index is -0.557. The summed E-state index contributed by atoms with van der Waals surface area (Å²) < 4.78 is 5.60. The van der Waals surface area contributed by atoms with Gasteiger partial charge in [0.1, 0.15) is 12.4 Å². The summed E-state index contributed by atoms with van der Waals surface area (Å²) in [6.45, 7) is 1.81. The second-order valence-corrected chi connectivity index (χ2v) is 4.05. The molecule has 0 spiro atoms. The van der Waals surface area contributed by atoms with Crippen molar-refractivity contribution < 1.29 is 9.66 Å². The molecule has 0 aliphatic carbocycles. The summed E-state index contributed by atoms with van der Waals surface area (Å²) in [6, 6.07) is 9.42. The van der Waals surface area contributed by atoms with Crippen LogP contribution in [0.1, 0.15) is 18.6 Å². The maximum atomic E-state index is 11.1. The van der Waals surface area contributed by atoms with E-state index in [0.29, 0.717) is 0 Å². The Bertz CT molecular complexity index is 604. The summed E-state index contributed by atoms with van der Waals surface area (Å²) in [4.78, 5) is 18.2. The zero-order valence-corrected chi connectivity index (χ0v) is 11.1. The maximum absolute atomic E-state index is 11.1. The molecule has 0 fully saturated rings. The van der Waals surface area contributed by atoms with E-state index in [9.17, 15) is 10.1 Å². The van der Waals surface area contributed by atoms with E-state index < -0.39 is 4.92 Å². The van der Waals surface area contributed by atoms with Crippen LogP contribution in [0.4, 0.5) is 11.5 Å². The van der Waals surface area contributed by atoms with E-state index in [1.165, 1.54) is 6.33 Å². The molecule has 1 aromatic heterocycles. The van der Waals surface area contributed by atoms with Crippen LogP contribution in [0.25, 0.3) is 0 Å². The van der Waals surface area contributed by atoms with Gasteiger partial charge in [0.15, 0.2) is 0 Å². The Labute approximate surface area is 115 Å². The molecule has 7 heteroatoms. The third kappa shape index (κ3) is 2.82. The minimum absolute atomic E-state index is 0.0503. The highest BCUT2D eigenvalue weighted by Crippen LogP contribution is 2.33. The van der Waals surface area contributed by atoms with Gasteiger partial charge in [-0.3, -0.25) is 10.1 Å². The summed E-state index contributed by atoms with van der Waals surface area (Å²) in [5.41, 5.74) is 0.643. The molecular formula is C13H14N4O3. The Kier molecular flexibility index (Phi) is 4.09. The Morgan fingerprint density at radius 3 is 2.60 bits per heavy atom. The van der Waals surface area contributed by atoms with Crippen LogP contribution in [0.5, 0.6) is 5.88 Å². The standard InChI is InChI=1S/C13H14N4O3/c1-9(10-6-4-3-5-7-10)20-13-11(17(18)19)12(14-2)15-8-16-13/h3-9H,1-2H3,(H,14,15,16). The molecule has 1 N–H and O–H groups in total. The van der Waals surface area contributed by atoms with Gasteiger partial charge in [-0.15, -0.1) is 0 Å². The molecule has 0 saturated carbocycles. The molecule has 104 valence electrons. The molecule has 20 heavy (non-hydrogen) atoms. The van der Waals surface area contributed by atoms with Crippen LogP contribution in [0.2, 0.25) is 0 Å². The number of hydrogen-bond acceptors (Lipinski definition) is 6. The van der Waals surface area contributed by atoms with Crippen molar-refractivity contribution in [2.45, 2.75) is 13.0 Å². The van der Waals surface area contributed by atoms with Crippen LogP contribution in [-0.4, -0.2) is 21.9 Å². The lowest BCUT2D eigenvalue weighted by Gasteiger charge is -2.14. The van der Waals surface area contributed by atoms with Gasteiger partial charge in [-0.1, -0.05) is 30.3 Å². The van der Waals surface area contributed by atoms with E-state index in [-0.39, 0.29) is 23.5 Å². The third-order valence-corrected chi connectivity index (χ3v) is 2.77. The Morgan fingerprint density at radius 1 is 1.30 bits per heavy atom. The molecule has 0 radical (unpaired) electrons. The molecule has 2 rings (SSSR count). The van der Waals surface area contributed by atoms with Gasteiger partial charge in [-0.2, -0.15) is 4.98 Å². The van der Waals surface area contributed by atoms with Crippen molar-refractivity contribution >= 4 is 11.5 Å². The van der Waals surface area contributed by atoms with Crippen molar-refractivity contribution in [3.8, 4) is 5.88 Å². The van der Waals surface area contributed by atoms with E-state index in [4.69, 9.17) is 4.74 Å². The number of ether oxygens (including phenoxy) is 1. The summed E-state index contributed by atoms with van der Waals surface area (Å²) in [6.07, 6.45) is 0.876. The third-order valence-electron chi connectivity index (χ3n) is 2.77. The van der Waals surface area contributed by atoms with E-state index in [1.807, 2.05) is 30.3 Å². The van der Waals surface area contributed by atoms with E-state index >= 15 is 0 Å². The number of nitro groups is 1. The van der Waals surface area contributed by atoms with Crippen molar-refractivity contribution in [2.24, 2.45) is 0 Å². The first-order valence-electron chi connectivity index (χ1n) is 6.02. The molecular weight excluding hydrogens is 260 g/mol. The van der Waals surface area contributed by atoms with Crippen LogP contribution in [0.3, 0.4) is 0 Å². The summed E-state index contributed by atoms with van der Waals surface area (Å²) in [5, 5.41) is 13.8. The Balaban J connectivity index is 2.32. The normalized spacial score (nSPS) is 11.7. The molecule has 1 aromatic carbocycles. The largest absolute Gasteiger partial charge is 0.465 e. The zero-order chi connectivity index (χ0) is 14.5. The molecule has 0 aliphatic heterocycles. The van der Waals surface area contributed by atoms with E-state index in [0.717, 1.165) is 5.56 Å². The van der Waals surface area contributed by atoms with Crippen LogP contribution in [-0.2, 0) is 0 Å². The Hall–Kier alpha value is -2.70. The average molecular weight is 274 g/mol.